The molecule has 140 valence electrons. The van der Waals surface area contributed by atoms with E-state index in [0.717, 1.165) is 36.4 Å². The van der Waals surface area contributed by atoms with Crippen molar-refractivity contribution in [2.45, 2.75) is 25.9 Å². The average Bonchev–Trinajstić information content (AvgIpc) is 3.39. The van der Waals surface area contributed by atoms with E-state index in [1.54, 1.807) is 11.3 Å². The van der Waals surface area contributed by atoms with Gasteiger partial charge in [-0.1, -0.05) is 41.6 Å². The van der Waals surface area contributed by atoms with Crippen molar-refractivity contribution in [1.82, 2.24) is 20.4 Å². The van der Waals surface area contributed by atoms with Crippen molar-refractivity contribution in [3.8, 4) is 10.7 Å². The molecule has 0 aliphatic carbocycles. The van der Waals surface area contributed by atoms with Crippen molar-refractivity contribution in [3.05, 3.63) is 59.3 Å². The third-order valence-electron chi connectivity index (χ3n) is 4.84. The predicted octanol–water partition coefficient (Wildman–Crippen LogP) is 3.33. The van der Waals surface area contributed by atoms with Gasteiger partial charge in [0.05, 0.1) is 11.4 Å². The maximum absolute atomic E-state index is 12.4. The highest BCUT2D eigenvalue weighted by atomic mass is 32.1. The van der Waals surface area contributed by atoms with Gasteiger partial charge in [0.15, 0.2) is 0 Å². The summed E-state index contributed by atoms with van der Waals surface area (Å²) in [6.45, 7) is 2.95. The number of carbonyl (C=O) groups excluding carboxylic acids is 1. The van der Waals surface area contributed by atoms with E-state index in [4.69, 9.17) is 4.52 Å². The van der Waals surface area contributed by atoms with Crippen molar-refractivity contribution in [2.75, 3.05) is 13.1 Å². The molecule has 1 aromatic carbocycles. The largest absolute Gasteiger partial charge is 0.352 e. The highest BCUT2D eigenvalue weighted by Gasteiger charge is 2.25. The quantitative estimate of drug-likeness (QED) is 0.708. The van der Waals surface area contributed by atoms with Crippen LogP contribution in [0, 0.1) is 5.92 Å². The molecule has 1 aliphatic rings. The second kappa shape index (κ2) is 8.45. The fraction of sp³-hybridized carbons (Fsp3) is 0.350. The summed E-state index contributed by atoms with van der Waals surface area (Å²) in [5.41, 5.74) is 1.13. The van der Waals surface area contributed by atoms with Gasteiger partial charge in [0.25, 0.3) is 0 Å². The van der Waals surface area contributed by atoms with Gasteiger partial charge >= 0.3 is 0 Å². The first-order chi connectivity index (χ1) is 13.3. The Bertz CT molecular complexity index is 855. The van der Waals surface area contributed by atoms with Crippen molar-refractivity contribution in [2.24, 2.45) is 5.92 Å². The Morgan fingerprint density at radius 1 is 1.19 bits per heavy atom. The molecule has 2 aromatic heterocycles. The van der Waals surface area contributed by atoms with Crippen LogP contribution >= 0.6 is 11.3 Å². The van der Waals surface area contributed by atoms with Crippen LogP contribution in [0.25, 0.3) is 10.7 Å². The number of rotatable bonds is 6. The summed E-state index contributed by atoms with van der Waals surface area (Å²) < 4.78 is 5.38. The lowest BCUT2D eigenvalue weighted by Crippen LogP contribution is -2.40. The molecule has 0 atom stereocenters. The van der Waals surface area contributed by atoms with Crippen LogP contribution in [-0.2, 0) is 17.9 Å². The molecule has 0 saturated carbocycles. The van der Waals surface area contributed by atoms with Crippen molar-refractivity contribution >= 4 is 17.2 Å². The molecular weight excluding hydrogens is 360 g/mol. The Hall–Kier alpha value is -2.51. The molecule has 4 rings (SSSR count). The topological polar surface area (TPSA) is 71.3 Å². The zero-order valence-electron chi connectivity index (χ0n) is 15.0. The summed E-state index contributed by atoms with van der Waals surface area (Å²) in [4.78, 5) is 20.2. The maximum atomic E-state index is 12.4. The first-order valence-corrected chi connectivity index (χ1v) is 10.1. The molecule has 1 fully saturated rings. The normalized spacial score (nSPS) is 15.7. The van der Waals surface area contributed by atoms with Gasteiger partial charge in [0, 0.05) is 12.5 Å². The number of nitrogens with one attached hydrogen (secondary N) is 1. The molecule has 1 aliphatic heterocycles. The van der Waals surface area contributed by atoms with Crippen LogP contribution < -0.4 is 5.32 Å². The second-order valence-corrected chi connectivity index (χ2v) is 7.69. The first kappa shape index (κ1) is 17.9. The zero-order valence-corrected chi connectivity index (χ0v) is 15.8. The highest BCUT2D eigenvalue weighted by molar-refractivity contribution is 7.13. The number of benzene rings is 1. The van der Waals surface area contributed by atoms with E-state index in [1.807, 2.05) is 47.8 Å². The molecule has 0 bridgehead atoms. The summed E-state index contributed by atoms with van der Waals surface area (Å²) in [7, 11) is 0. The SMILES string of the molecule is O=C(NCc1ccccc1)C1CCN(Cc2nc(-c3cccs3)no2)CC1. The molecule has 0 radical (unpaired) electrons. The number of aromatic nitrogens is 2. The van der Waals surface area contributed by atoms with E-state index < -0.39 is 0 Å². The molecule has 0 unspecified atom stereocenters. The summed E-state index contributed by atoms with van der Waals surface area (Å²) in [5, 5.41) is 9.11. The number of piperidine rings is 1. The van der Waals surface area contributed by atoms with Crippen LogP contribution in [0.2, 0.25) is 0 Å². The average molecular weight is 382 g/mol. The minimum absolute atomic E-state index is 0.0781. The van der Waals surface area contributed by atoms with Gasteiger partial charge in [0.1, 0.15) is 0 Å². The highest BCUT2D eigenvalue weighted by Crippen LogP contribution is 2.23. The Kier molecular flexibility index (Phi) is 5.60. The van der Waals surface area contributed by atoms with Gasteiger partial charge in [-0.15, -0.1) is 11.3 Å². The molecule has 7 heteroatoms. The second-order valence-electron chi connectivity index (χ2n) is 6.74. The molecule has 1 saturated heterocycles. The van der Waals surface area contributed by atoms with E-state index in [2.05, 4.69) is 20.4 Å². The van der Waals surface area contributed by atoms with Crippen molar-refractivity contribution in [1.29, 1.82) is 0 Å². The molecule has 3 heterocycles. The number of thiophene rings is 1. The Labute approximate surface area is 162 Å². The monoisotopic (exact) mass is 382 g/mol. The summed E-state index contributed by atoms with van der Waals surface area (Å²) in [6.07, 6.45) is 1.71. The van der Waals surface area contributed by atoms with Crippen LogP contribution in [0.4, 0.5) is 0 Å². The number of carbonyl (C=O) groups is 1. The number of hydrogen-bond donors (Lipinski definition) is 1. The van der Waals surface area contributed by atoms with E-state index in [1.165, 1.54) is 0 Å². The van der Waals surface area contributed by atoms with Crippen molar-refractivity contribution < 1.29 is 9.32 Å². The lowest BCUT2D eigenvalue weighted by atomic mass is 9.96. The first-order valence-electron chi connectivity index (χ1n) is 9.18. The predicted molar refractivity (Wildman–Crippen MR) is 104 cm³/mol. The van der Waals surface area contributed by atoms with Gasteiger partial charge in [-0.25, -0.2) is 0 Å². The van der Waals surface area contributed by atoms with E-state index in [9.17, 15) is 4.79 Å². The van der Waals surface area contributed by atoms with E-state index in [-0.39, 0.29) is 11.8 Å². The van der Waals surface area contributed by atoms with Crippen LogP contribution in [0.1, 0.15) is 24.3 Å². The zero-order chi connectivity index (χ0) is 18.5. The molecule has 3 aromatic rings. The molecule has 6 nitrogen and oxygen atoms in total. The van der Waals surface area contributed by atoms with Crippen molar-refractivity contribution in [3.63, 3.8) is 0 Å². The van der Waals surface area contributed by atoms with Gasteiger partial charge in [-0.3, -0.25) is 9.69 Å². The molecular formula is C20H22N4O2S. The molecule has 1 N–H and O–H groups in total. The number of likely N-dealkylation sites (tertiary alicyclic amines) is 1. The third kappa shape index (κ3) is 4.61. The standard InChI is InChI=1S/C20H22N4O2S/c25-20(21-13-15-5-2-1-3-6-15)16-8-10-24(11-9-16)14-18-22-19(23-26-18)17-7-4-12-27-17/h1-7,12,16H,8-11,13-14H2,(H,21,25). The van der Waals surface area contributed by atoms with E-state index >= 15 is 0 Å². The van der Waals surface area contributed by atoms with Crippen LogP contribution in [0.5, 0.6) is 0 Å². The van der Waals surface area contributed by atoms with Gasteiger partial charge < -0.3 is 9.84 Å². The van der Waals surface area contributed by atoms with Crippen LogP contribution in [-0.4, -0.2) is 34.0 Å². The minimum atomic E-state index is 0.0781. The smallest absolute Gasteiger partial charge is 0.241 e. The fourth-order valence-corrected chi connectivity index (χ4v) is 3.95. The van der Waals surface area contributed by atoms with Gasteiger partial charge in [0.2, 0.25) is 17.6 Å². The Balaban J connectivity index is 1.23. The summed E-state index contributed by atoms with van der Waals surface area (Å²) >= 11 is 1.60. The van der Waals surface area contributed by atoms with Gasteiger partial charge in [-0.05, 0) is 42.9 Å². The van der Waals surface area contributed by atoms with E-state index in [0.29, 0.717) is 24.8 Å². The lowest BCUT2D eigenvalue weighted by molar-refractivity contribution is -0.126. The molecule has 0 spiro atoms. The fourth-order valence-electron chi connectivity index (χ4n) is 3.30. The minimum Gasteiger partial charge on any atom is -0.352 e. The number of nitrogens with zero attached hydrogens (tertiary/aromatic N) is 3. The summed E-state index contributed by atoms with van der Waals surface area (Å²) in [5.74, 6) is 1.51. The number of hydrogen-bond acceptors (Lipinski definition) is 6. The van der Waals surface area contributed by atoms with Gasteiger partial charge in [-0.2, -0.15) is 4.98 Å². The molecule has 1 amide bonds. The Morgan fingerprint density at radius 3 is 2.74 bits per heavy atom. The number of amides is 1. The Morgan fingerprint density at radius 2 is 2.00 bits per heavy atom. The van der Waals surface area contributed by atoms with Crippen LogP contribution in [0.3, 0.4) is 0 Å². The third-order valence-corrected chi connectivity index (χ3v) is 5.70. The van der Waals surface area contributed by atoms with Crippen LogP contribution in [0.15, 0.2) is 52.4 Å². The lowest BCUT2D eigenvalue weighted by Gasteiger charge is -2.30. The molecule has 27 heavy (non-hydrogen) atoms. The maximum Gasteiger partial charge on any atom is 0.241 e. The summed E-state index contributed by atoms with van der Waals surface area (Å²) in [6, 6.07) is 14.0.